The summed E-state index contributed by atoms with van der Waals surface area (Å²) in [5, 5.41) is 3.39. The molecule has 0 atom stereocenters. The molecule has 122 valence electrons. The number of carbonyl (C=O) groups excluding carboxylic acids is 1. The van der Waals surface area contributed by atoms with Crippen molar-refractivity contribution < 1.29 is 4.79 Å². The summed E-state index contributed by atoms with van der Waals surface area (Å²) in [5.74, 6) is 0.158. The molecule has 0 spiro atoms. The molecule has 2 aromatic rings. The molecule has 0 unspecified atom stereocenters. The van der Waals surface area contributed by atoms with E-state index in [2.05, 4.69) is 17.5 Å². The van der Waals surface area contributed by atoms with Crippen LogP contribution in [0.15, 0.2) is 29.6 Å². The Morgan fingerprint density at radius 2 is 1.91 bits per heavy atom. The molecule has 1 heterocycles. The number of benzene rings is 1. The number of halogens is 1. The van der Waals surface area contributed by atoms with Gasteiger partial charge in [-0.05, 0) is 35.2 Å². The van der Waals surface area contributed by atoms with Crippen LogP contribution in [0.25, 0.3) is 10.1 Å². The average Bonchev–Trinajstić information content (AvgIpc) is 2.92. The van der Waals surface area contributed by atoms with Gasteiger partial charge in [0.2, 0.25) is 5.91 Å². The third-order valence-electron chi connectivity index (χ3n) is 4.51. The maximum Gasteiger partial charge on any atom is 0.230 e. The number of nitrogens with two attached hydrogens (primary N) is 1. The van der Waals surface area contributed by atoms with Crippen molar-refractivity contribution in [1.29, 1.82) is 0 Å². The Labute approximate surface area is 142 Å². The van der Waals surface area contributed by atoms with Crippen LogP contribution in [0.1, 0.15) is 32.3 Å². The maximum absolute atomic E-state index is 12.8. The molecule has 5 heteroatoms. The number of rotatable bonds is 6. The van der Waals surface area contributed by atoms with E-state index in [1.165, 1.54) is 15.6 Å². The van der Waals surface area contributed by atoms with Crippen LogP contribution in [0.3, 0.4) is 0 Å². The molecule has 3 nitrogen and oxygen atoms in total. The summed E-state index contributed by atoms with van der Waals surface area (Å²) >= 11 is 1.73. The summed E-state index contributed by atoms with van der Waals surface area (Å²) in [4.78, 5) is 14.6. The highest BCUT2D eigenvalue weighted by molar-refractivity contribution is 7.17. The Kier molecular flexibility index (Phi) is 6.85. The molecule has 22 heavy (non-hydrogen) atoms. The monoisotopic (exact) mass is 340 g/mol. The van der Waals surface area contributed by atoms with E-state index in [4.69, 9.17) is 5.73 Å². The first-order valence-corrected chi connectivity index (χ1v) is 8.36. The molecule has 0 saturated heterocycles. The first kappa shape index (κ1) is 18.9. The highest BCUT2D eigenvalue weighted by Gasteiger charge is 2.35. The third-order valence-corrected chi connectivity index (χ3v) is 5.53. The Hall–Kier alpha value is -1.10. The van der Waals surface area contributed by atoms with Crippen LogP contribution in [0.4, 0.5) is 0 Å². The van der Waals surface area contributed by atoms with Crippen molar-refractivity contribution >= 4 is 39.7 Å². The summed E-state index contributed by atoms with van der Waals surface area (Å²) in [6.45, 7) is 5.14. The van der Waals surface area contributed by atoms with Crippen molar-refractivity contribution in [3.63, 3.8) is 0 Å². The summed E-state index contributed by atoms with van der Waals surface area (Å²) in [5.41, 5.74) is 6.68. The lowest BCUT2D eigenvalue weighted by molar-refractivity contribution is -0.141. The summed E-state index contributed by atoms with van der Waals surface area (Å²) in [6.07, 6.45) is 1.57. The van der Waals surface area contributed by atoms with E-state index in [9.17, 15) is 4.79 Å². The summed E-state index contributed by atoms with van der Waals surface area (Å²) in [7, 11) is 1.88. The molecule has 0 fully saturated rings. The van der Waals surface area contributed by atoms with Crippen LogP contribution < -0.4 is 5.73 Å². The molecule has 1 aromatic carbocycles. The molecule has 2 rings (SSSR count). The van der Waals surface area contributed by atoms with Gasteiger partial charge in [-0.15, -0.1) is 23.7 Å². The largest absolute Gasteiger partial charge is 0.341 e. The van der Waals surface area contributed by atoms with E-state index in [0.717, 1.165) is 12.8 Å². The number of nitrogens with zero attached hydrogens (tertiary/aromatic N) is 1. The lowest BCUT2D eigenvalue weighted by atomic mass is 9.81. The first-order valence-electron chi connectivity index (χ1n) is 7.48. The number of amides is 1. The normalized spacial score (nSPS) is 11.3. The number of hydrogen-bond acceptors (Lipinski definition) is 3. The number of thiophene rings is 1. The SMILES string of the molecule is CCC(CC)(CN)C(=O)N(C)Cc1csc2ccccc12.Cl. The molecule has 0 radical (unpaired) electrons. The second-order valence-corrected chi connectivity index (χ2v) is 6.52. The van der Waals surface area contributed by atoms with Crippen molar-refractivity contribution in [2.45, 2.75) is 33.2 Å². The van der Waals surface area contributed by atoms with E-state index in [1.807, 2.05) is 37.9 Å². The standard InChI is InChI=1S/C17H24N2OS.ClH/c1-4-17(5-2,12-18)16(20)19(3)10-13-11-21-15-9-7-6-8-14(13)15;/h6-9,11H,4-5,10,12,18H2,1-3H3;1H. The minimum absolute atomic E-state index is 0. The van der Waals surface area contributed by atoms with Crippen LogP contribution in [-0.2, 0) is 11.3 Å². The van der Waals surface area contributed by atoms with E-state index in [0.29, 0.717) is 13.1 Å². The van der Waals surface area contributed by atoms with Crippen LogP contribution >= 0.6 is 23.7 Å². The lowest BCUT2D eigenvalue weighted by Crippen LogP contribution is -2.45. The number of fused-ring (bicyclic) bond motifs is 1. The van der Waals surface area contributed by atoms with Gasteiger partial charge in [0.15, 0.2) is 0 Å². The molecule has 2 N–H and O–H groups in total. The van der Waals surface area contributed by atoms with Gasteiger partial charge in [-0.2, -0.15) is 0 Å². The van der Waals surface area contributed by atoms with Crippen LogP contribution in [0.2, 0.25) is 0 Å². The predicted octanol–water partition coefficient (Wildman–Crippen LogP) is 4.05. The van der Waals surface area contributed by atoms with Gasteiger partial charge in [-0.1, -0.05) is 32.0 Å². The molecule has 1 amide bonds. The predicted molar refractivity (Wildman–Crippen MR) is 97.6 cm³/mol. The minimum atomic E-state index is -0.416. The van der Waals surface area contributed by atoms with Gasteiger partial charge in [0.25, 0.3) is 0 Å². The fourth-order valence-corrected chi connectivity index (χ4v) is 3.77. The highest BCUT2D eigenvalue weighted by atomic mass is 35.5. The molecule has 0 bridgehead atoms. The Bertz CT molecular complexity index is 614. The average molecular weight is 341 g/mol. The van der Waals surface area contributed by atoms with Gasteiger partial charge in [0, 0.05) is 24.8 Å². The van der Waals surface area contributed by atoms with E-state index in [1.54, 1.807) is 11.3 Å². The zero-order valence-electron chi connectivity index (χ0n) is 13.5. The van der Waals surface area contributed by atoms with E-state index in [-0.39, 0.29) is 18.3 Å². The summed E-state index contributed by atoms with van der Waals surface area (Å²) in [6, 6.07) is 8.33. The minimum Gasteiger partial charge on any atom is -0.341 e. The Balaban J connectivity index is 0.00000242. The van der Waals surface area contributed by atoms with Crippen molar-refractivity contribution in [2.75, 3.05) is 13.6 Å². The molecule has 1 aromatic heterocycles. The number of carbonyl (C=O) groups is 1. The quantitative estimate of drug-likeness (QED) is 0.862. The number of hydrogen-bond donors (Lipinski definition) is 1. The lowest BCUT2D eigenvalue weighted by Gasteiger charge is -2.33. The molecular weight excluding hydrogens is 316 g/mol. The fourth-order valence-electron chi connectivity index (χ4n) is 2.82. The van der Waals surface area contributed by atoms with Gasteiger partial charge >= 0.3 is 0 Å². The van der Waals surface area contributed by atoms with E-state index >= 15 is 0 Å². The summed E-state index contributed by atoms with van der Waals surface area (Å²) < 4.78 is 1.27. The topological polar surface area (TPSA) is 46.3 Å². The van der Waals surface area contributed by atoms with Crippen molar-refractivity contribution in [1.82, 2.24) is 4.90 Å². The molecule has 0 aliphatic carbocycles. The Morgan fingerprint density at radius 3 is 2.50 bits per heavy atom. The third kappa shape index (κ3) is 3.45. The Morgan fingerprint density at radius 1 is 1.27 bits per heavy atom. The zero-order chi connectivity index (χ0) is 15.5. The second-order valence-electron chi connectivity index (χ2n) is 5.61. The van der Waals surface area contributed by atoms with Gasteiger partial charge in [0.05, 0.1) is 5.41 Å². The maximum atomic E-state index is 12.8. The van der Waals surface area contributed by atoms with Crippen LogP contribution in [-0.4, -0.2) is 24.4 Å². The van der Waals surface area contributed by atoms with Crippen molar-refractivity contribution in [3.05, 3.63) is 35.2 Å². The highest BCUT2D eigenvalue weighted by Crippen LogP contribution is 2.30. The molecule has 0 aliphatic rings. The zero-order valence-corrected chi connectivity index (χ0v) is 15.1. The smallest absolute Gasteiger partial charge is 0.230 e. The molecule has 0 aliphatic heterocycles. The van der Waals surface area contributed by atoms with Gasteiger partial charge < -0.3 is 10.6 Å². The first-order chi connectivity index (χ1) is 10.1. The van der Waals surface area contributed by atoms with Gasteiger partial charge in [0.1, 0.15) is 0 Å². The van der Waals surface area contributed by atoms with Crippen LogP contribution in [0, 0.1) is 5.41 Å². The second kappa shape index (κ2) is 7.95. The molecular formula is C17H25ClN2OS. The van der Waals surface area contributed by atoms with E-state index < -0.39 is 5.41 Å². The van der Waals surface area contributed by atoms with Crippen molar-refractivity contribution in [2.24, 2.45) is 11.1 Å². The van der Waals surface area contributed by atoms with Gasteiger partial charge in [-0.25, -0.2) is 0 Å². The van der Waals surface area contributed by atoms with Gasteiger partial charge in [-0.3, -0.25) is 4.79 Å². The molecule has 0 saturated carbocycles. The fraction of sp³-hybridized carbons (Fsp3) is 0.471. The van der Waals surface area contributed by atoms with Crippen LogP contribution in [0.5, 0.6) is 0 Å². The van der Waals surface area contributed by atoms with Crippen molar-refractivity contribution in [3.8, 4) is 0 Å².